The minimum absolute atomic E-state index is 0.135. The van der Waals surface area contributed by atoms with Crippen LogP contribution in [0, 0.1) is 0 Å². The van der Waals surface area contributed by atoms with Crippen molar-refractivity contribution in [1.29, 1.82) is 0 Å². The summed E-state index contributed by atoms with van der Waals surface area (Å²) in [5, 5.41) is 9.30. The second-order valence-corrected chi connectivity index (χ2v) is 8.42. The van der Waals surface area contributed by atoms with Crippen molar-refractivity contribution in [1.82, 2.24) is 9.80 Å². The van der Waals surface area contributed by atoms with E-state index in [1.54, 1.807) is 0 Å². The number of likely N-dealkylation sites (N-methyl/N-ethyl adjacent to an activating group) is 1. The van der Waals surface area contributed by atoms with E-state index < -0.39 is 39.0 Å². The Kier molecular flexibility index (Phi) is 6.38. The molecule has 27 heavy (non-hydrogen) atoms. The molecule has 0 amide bonds. The van der Waals surface area contributed by atoms with Crippen LogP contribution in [0.5, 0.6) is 0 Å². The fourth-order valence-electron chi connectivity index (χ4n) is 2.86. The van der Waals surface area contributed by atoms with Gasteiger partial charge in [0.05, 0.1) is 23.1 Å². The van der Waals surface area contributed by atoms with Gasteiger partial charge in [-0.25, -0.2) is 13.2 Å². The molecular weight excluding hydrogens is 387 g/mol. The number of hydrogen-bond donors (Lipinski definition) is 1. The van der Waals surface area contributed by atoms with E-state index in [1.807, 2.05) is 11.9 Å². The Bertz CT molecular complexity index is 791. The smallest absolute Gasteiger partial charge is 0.416 e. The number of carboxylic acid groups (broad SMARTS) is 1. The molecule has 1 N–H and O–H groups in total. The van der Waals surface area contributed by atoms with Crippen molar-refractivity contribution in [3.63, 3.8) is 0 Å². The maximum Gasteiger partial charge on any atom is 0.416 e. The summed E-state index contributed by atoms with van der Waals surface area (Å²) >= 11 is 0. The van der Waals surface area contributed by atoms with E-state index in [0.717, 1.165) is 29.7 Å². The summed E-state index contributed by atoms with van der Waals surface area (Å²) < 4.78 is 64.3. The molecule has 0 radical (unpaired) electrons. The van der Waals surface area contributed by atoms with E-state index >= 15 is 0 Å². The monoisotopic (exact) mass is 409 g/mol. The van der Waals surface area contributed by atoms with Gasteiger partial charge in [0.2, 0.25) is 10.0 Å². The van der Waals surface area contributed by atoms with Gasteiger partial charge in [0.25, 0.3) is 0 Å². The number of sulfonamides is 1. The first-order chi connectivity index (χ1) is 12.4. The summed E-state index contributed by atoms with van der Waals surface area (Å²) in [6, 6.07) is 2.00. The number of piperazine rings is 1. The lowest BCUT2D eigenvalue weighted by molar-refractivity contribution is -0.137. The lowest BCUT2D eigenvalue weighted by Gasteiger charge is -2.34. The van der Waals surface area contributed by atoms with Crippen LogP contribution in [0.25, 0.3) is 0 Å². The number of alkyl halides is 3. The molecule has 0 bridgehead atoms. The fraction of sp³-hybridized carbons (Fsp3) is 0.562. The minimum Gasteiger partial charge on any atom is -0.478 e. The van der Waals surface area contributed by atoms with Gasteiger partial charge in [-0.2, -0.15) is 13.2 Å². The zero-order valence-electron chi connectivity index (χ0n) is 15.0. The van der Waals surface area contributed by atoms with Crippen LogP contribution < -0.4 is 4.31 Å². The summed E-state index contributed by atoms with van der Waals surface area (Å²) in [4.78, 5) is 15.5. The van der Waals surface area contributed by atoms with Gasteiger partial charge in [-0.1, -0.05) is 0 Å². The normalized spacial score (nSPS) is 17.1. The van der Waals surface area contributed by atoms with Crippen molar-refractivity contribution in [2.24, 2.45) is 0 Å². The lowest BCUT2D eigenvalue weighted by Crippen LogP contribution is -2.47. The number of carbonyl (C=O) groups is 1. The Labute approximate surface area is 156 Å². The number of benzene rings is 1. The fourth-order valence-corrected chi connectivity index (χ4v) is 3.79. The van der Waals surface area contributed by atoms with Crippen LogP contribution in [0.1, 0.15) is 15.9 Å². The number of carboxylic acids is 1. The molecule has 11 heteroatoms. The Hall–Kier alpha value is -1.85. The average Bonchev–Trinajstić information content (AvgIpc) is 2.54. The number of rotatable bonds is 6. The van der Waals surface area contributed by atoms with Gasteiger partial charge in [-0.3, -0.25) is 9.21 Å². The van der Waals surface area contributed by atoms with Gasteiger partial charge in [-0.15, -0.1) is 0 Å². The van der Waals surface area contributed by atoms with E-state index in [4.69, 9.17) is 0 Å². The van der Waals surface area contributed by atoms with Crippen LogP contribution in [-0.2, 0) is 16.2 Å². The third-order valence-corrected chi connectivity index (χ3v) is 5.62. The van der Waals surface area contributed by atoms with Crippen LogP contribution in [0.2, 0.25) is 0 Å². The number of anilines is 1. The minimum atomic E-state index is -4.72. The van der Waals surface area contributed by atoms with Gasteiger partial charge in [0.1, 0.15) is 0 Å². The molecule has 1 saturated heterocycles. The molecule has 1 heterocycles. The molecule has 0 aromatic heterocycles. The average molecular weight is 409 g/mol. The van der Waals surface area contributed by atoms with Crippen LogP contribution in [0.15, 0.2) is 18.2 Å². The molecule has 2 rings (SSSR count). The first-order valence-electron chi connectivity index (χ1n) is 8.23. The molecule has 1 fully saturated rings. The van der Waals surface area contributed by atoms with E-state index in [2.05, 4.69) is 4.90 Å². The largest absolute Gasteiger partial charge is 0.478 e. The van der Waals surface area contributed by atoms with E-state index in [1.165, 1.54) is 0 Å². The summed E-state index contributed by atoms with van der Waals surface area (Å²) in [5.74, 6) is -1.49. The SMILES string of the molecule is CN1CCN(CCN(c2cc(C(F)(F)F)ccc2C(=O)O)S(C)(=O)=O)CC1. The summed E-state index contributed by atoms with van der Waals surface area (Å²) in [7, 11) is -2.02. The zero-order chi connectivity index (χ0) is 20.4. The molecule has 7 nitrogen and oxygen atoms in total. The van der Waals surface area contributed by atoms with Crippen molar-refractivity contribution in [3.8, 4) is 0 Å². The van der Waals surface area contributed by atoms with Gasteiger partial charge in [0.15, 0.2) is 0 Å². The highest BCUT2D eigenvalue weighted by atomic mass is 32.2. The third kappa shape index (κ3) is 5.56. The second-order valence-electron chi connectivity index (χ2n) is 6.51. The second kappa shape index (κ2) is 8.03. The molecule has 0 unspecified atom stereocenters. The molecule has 1 aliphatic heterocycles. The summed E-state index contributed by atoms with van der Waals surface area (Å²) in [6.45, 7) is 3.14. The molecule has 0 aliphatic carbocycles. The Morgan fingerprint density at radius 1 is 1.22 bits per heavy atom. The number of hydrogen-bond acceptors (Lipinski definition) is 5. The quantitative estimate of drug-likeness (QED) is 0.765. The molecule has 0 atom stereocenters. The van der Waals surface area contributed by atoms with Crippen molar-refractivity contribution < 1.29 is 31.5 Å². The van der Waals surface area contributed by atoms with Gasteiger partial charge in [0, 0.05) is 39.3 Å². The van der Waals surface area contributed by atoms with Crippen molar-refractivity contribution in [2.45, 2.75) is 6.18 Å². The van der Waals surface area contributed by atoms with Crippen LogP contribution in [0.4, 0.5) is 18.9 Å². The molecular formula is C16H22F3N3O4S. The maximum absolute atomic E-state index is 13.0. The Balaban J connectivity index is 2.36. The first-order valence-corrected chi connectivity index (χ1v) is 10.1. The predicted molar refractivity (Wildman–Crippen MR) is 94.5 cm³/mol. The highest BCUT2D eigenvalue weighted by Gasteiger charge is 2.33. The van der Waals surface area contributed by atoms with E-state index in [-0.39, 0.29) is 13.1 Å². The molecule has 0 spiro atoms. The number of nitrogens with zero attached hydrogens (tertiary/aromatic N) is 3. The van der Waals surface area contributed by atoms with Gasteiger partial charge in [-0.05, 0) is 25.2 Å². The molecule has 0 saturated carbocycles. The van der Waals surface area contributed by atoms with Crippen molar-refractivity contribution >= 4 is 21.7 Å². The van der Waals surface area contributed by atoms with Crippen molar-refractivity contribution in [2.75, 3.05) is 56.9 Å². The number of halogens is 3. The predicted octanol–water partition coefficient (Wildman–Crippen LogP) is 1.42. The summed E-state index contributed by atoms with van der Waals surface area (Å²) in [6.07, 6.45) is -3.87. The molecule has 1 aromatic carbocycles. The molecule has 152 valence electrons. The third-order valence-electron chi connectivity index (χ3n) is 4.44. The van der Waals surface area contributed by atoms with Gasteiger partial charge < -0.3 is 10.0 Å². The molecule has 1 aliphatic rings. The molecule has 1 aromatic rings. The van der Waals surface area contributed by atoms with Crippen LogP contribution in [0.3, 0.4) is 0 Å². The van der Waals surface area contributed by atoms with Crippen LogP contribution >= 0.6 is 0 Å². The highest BCUT2D eigenvalue weighted by Crippen LogP contribution is 2.34. The Morgan fingerprint density at radius 2 is 1.81 bits per heavy atom. The van der Waals surface area contributed by atoms with Crippen LogP contribution in [-0.4, -0.2) is 81.9 Å². The highest BCUT2D eigenvalue weighted by molar-refractivity contribution is 7.92. The standard InChI is InChI=1S/C16H22F3N3O4S/c1-20-5-7-21(8-6-20)9-10-22(27(2,25)26)14-11-12(16(17,18)19)3-4-13(14)15(23)24/h3-4,11H,5-10H2,1-2H3,(H,23,24). The topological polar surface area (TPSA) is 81.2 Å². The van der Waals surface area contributed by atoms with Gasteiger partial charge >= 0.3 is 12.1 Å². The number of aromatic carboxylic acids is 1. The summed E-state index contributed by atoms with van der Waals surface area (Å²) in [5.41, 5.74) is -2.07. The lowest BCUT2D eigenvalue weighted by atomic mass is 10.1. The zero-order valence-corrected chi connectivity index (χ0v) is 15.8. The Morgan fingerprint density at radius 3 is 2.30 bits per heavy atom. The first kappa shape index (κ1) is 21.5. The van der Waals surface area contributed by atoms with E-state index in [9.17, 15) is 31.5 Å². The van der Waals surface area contributed by atoms with E-state index in [0.29, 0.717) is 25.2 Å². The van der Waals surface area contributed by atoms with Crippen molar-refractivity contribution in [3.05, 3.63) is 29.3 Å². The maximum atomic E-state index is 13.0.